The zero-order chi connectivity index (χ0) is 14.7. The van der Waals surface area contributed by atoms with Crippen molar-refractivity contribution in [1.29, 1.82) is 0 Å². The Labute approximate surface area is 123 Å². The number of hydrogen-bond acceptors (Lipinski definition) is 2. The van der Waals surface area contributed by atoms with Crippen LogP contribution in [0.5, 0.6) is 11.5 Å². The first-order valence-electron chi connectivity index (χ1n) is 6.42. The van der Waals surface area contributed by atoms with Gasteiger partial charge >= 0.3 is 0 Å². The molecule has 0 aliphatic heterocycles. The van der Waals surface area contributed by atoms with Crippen LogP contribution >= 0.6 is 11.6 Å². The standard InChI is InChI=1S/C16H17ClFNO/c1-10-7-8-12(17)9-15(10)20-14-6-4-5-13(18)16(14)11(2)19-3/h4-9,11,19H,1-3H3. The van der Waals surface area contributed by atoms with Crippen LogP contribution in [0.3, 0.4) is 0 Å². The van der Waals surface area contributed by atoms with E-state index >= 15 is 0 Å². The van der Waals surface area contributed by atoms with E-state index < -0.39 is 0 Å². The van der Waals surface area contributed by atoms with Crippen molar-refractivity contribution in [2.75, 3.05) is 7.05 Å². The van der Waals surface area contributed by atoms with Crippen LogP contribution in [-0.2, 0) is 0 Å². The van der Waals surface area contributed by atoms with Gasteiger partial charge in [-0.15, -0.1) is 0 Å². The van der Waals surface area contributed by atoms with E-state index in [0.717, 1.165) is 5.56 Å². The van der Waals surface area contributed by atoms with E-state index in [2.05, 4.69) is 5.32 Å². The van der Waals surface area contributed by atoms with Crippen LogP contribution in [0.1, 0.15) is 24.1 Å². The van der Waals surface area contributed by atoms with Gasteiger partial charge in [0.05, 0.1) is 0 Å². The van der Waals surface area contributed by atoms with E-state index in [-0.39, 0.29) is 11.9 Å². The summed E-state index contributed by atoms with van der Waals surface area (Å²) in [6.45, 7) is 3.81. The molecule has 4 heteroatoms. The smallest absolute Gasteiger partial charge is 0.135 e. The molecule has 2 rings (SSSR count). The third-order valence-corrected chi connectivity index (χ3v) is 3.48. The van der Waals surface area contributed by atoms with Gasteiger partial charge in [-0.25, -0.2) is 4.39 Å². The Bertz CT molecular complexity index is 615. The predicted molar refractivity (Wildman–Crippen MR) is 80.1 cm³/mol. The second-order valence-electron chi connectivity index (χ2n) is 4.67. The molecule has 0 spiro atoms. The molecule has 1 unspecified atom stereocenters. The molecule has 1 N–H and O–H groups in total. The van der Waals surface area contributed by atoms with Gasteiger partial charge in [0.25, 0.3) is 0 Å². The lowest BCUT2D eigenvalue weighted by molar-refractivity contribution is 0.450. The van der Waals surface area contributed by atoms with Crippen molar-refractivity contribution in [3.8, 4) is 11.5 Å². The fraction of sp³-hybridized carbons (Fsp3) is 0.250. The summed E-state index contributed by atoms with van der Waals surface area (Å²) in [5.74, 6) is 0.842. The van der Waals surface area contributed by atoms with Crippen molar-refractivity contribution in [2.45, 2.75) is 19.9 Å². The minimum absolute atomic E-state index is 0.148. The molecule has 106 valence electrons. The molecule has 1 atom stereocenters. The van der Waals surface area contributed by atoms with Crippen LogP contribution < -0.4 is 10.1 Å². The van der Waals surface area contributed by atoms with E-state index in [9.17, 15) is 4.39 Å². The number of ether oxygens (including phenoxy) is 1. The van der Waals surface area contributed by atoms with E-state index in [1.54, 1.807) is 31.3 Å². The maximum absolute atomic E-state index is 14.0. The van der Waals surface area contributed by atoms with Gasteiger partial charge in [-0.2, -0.15) is 0 Å². The average molecular weight is 294 g/mol. The fourth-order valence-electron chi connectivity index (χ4n) is 1.97. The highest BCUT2D eigenvalue weighted by Crippen LogP contribution is 2.34. The van der Waals surface area contributed by atoms with Gasteiger partial charge in [-0.05, 0) is 50.7 Å². The van der Waals surface area contributed by atoms with Gasteiger partial charge in [0.2, 0.25) is 0 Å². The zero-order valence-electron chi connectivity index (χ0n) is 11.7. The largest absolute Gasteiger partial charge is 0.457 e. The highest BCUT2D eigenvalue weighted by Gasteiger charge is 2.16. The number of aryl methyl sites for hydroxylation is 1. The van der Waals surface area contributed by atoms with E-state index in [1.807, 2.05) is 19.9 Å². The fourth-order valence-corrected chi connectivity index (χ4v) is 2.14. The minimum atomic E-state index is -0.288. The van der Waals surface area contributed by atoms with Crippen LogP contribution in [-0.4, -0.2) is 7.05 Å². The lowest BCUT2D eigenvalue weighted by Crippen LogP contribution is -2.15. The average Bonchev–Trinajstić information content (AvgIpc) is 2.42. The molecule has 0 heterocycles. The molecule has 20 heavy (non-hydrogen) atoms. The molecule has 2 aromatic carbocycles. The molecule has 0 fully saturated rings. The first-order valence-corrected chi connectivity index (χ1v) is 6.80. The summed E-state index contributed by atoms with van der Waals surface area (Å²) in [7, 11) is 1.78. The van der Waals surface area contributed by atoms with Crippen molar-refractivity contribution in [1.82, 2.24) is 5.32 Å². The lowest BCUT2D eigenvalue weighted by Gasteiger charge is -2.18. The molecule has 0 amide bonds. The molecular formula is C16H17ClFNO. The molecule has 0 bridgehead atoms. The van der Waals surface area contributed by atoms with Crippen molar-refractivity contribution in [2.24, 2.45) is 0 Å². The molecule has 0 saturated heterocycles. The van der Waals surface area contributed by atoms with Gasteiger partial charge in [0.1, 0.15) is 17.3 Å². The Morgan fingerprint density at radius 1 is 1.20 bits per heavy atom. The summed E-state index contributed by atoms with van der Waals surface area (Å²) in [4.78, 5) is 0. The second kappa shape index (κ2) is 6.25. The highest BCUT2D eigenvalue weighted by atomic mass is 35.5. The normalized spacial score (nSPS) is 12.2. The van der Waals surface area contributed by atoms with Gasteiger partial charge in [0.15, 0.2) is 0 Å². The third kappa shape index (κ3) is 3.11. The number of nitrogens with one attached hydrogen (secondary N) is 1. The van der Waals surface area contributed by atoms with E-state index in [1.165, 1.54) is 6.07 Å². The Kier molecular flexibility index (Phi) is 4.63. The molecule has 0 aromatic heterocycles. The molecule has 0 radical (unpaired) electrons. The minimum Gasteiger partial charge on any atom is -0.457 e. The maximum atomic E-state index is 14.0. The van der Waals surface area contributed by atoms with Crippen molar-refractivity contribution in [3.63, 3.8) is 0 Å². The quantitative estimate of drug-likeness (QED) is 0.869. The molecule has 2 nitrogen and oxygen atoms in total. The van der Waals surface area contributed by atoms with Crippen molar-refractivity contribution >= 4 is 11.6 Å². The lowest BCUT2D eigenvalue weighted by atomic mass is 10.1. The van der Waals surface area contributed by atoms with Crippen molar-refractivity contribution in [3.05, 3.63) is 58.4 Å². The first-order chi connectivity index (χ1) is 9.52. The Morgan fingerprint density at radius 2 is 1.95 bits per heavy atom. The van der Waals surface area contributed by atoms with E-state index in [4.69, 9.17) is 16.3 Å². The van der Waals surface area contributed by atoms with Gasteiger partial charge in [-0.3, -0.25) is 0 Å². The summed E-state index contributed by atoms with van der Waals surface area (Å²) in [6, 6.07) is 10.1. The highest BCUT2D eigenvalue weighted by molar-refractivity contribution is 6.30. The first kappa shape index (κ1) is 14.8. The summed E-state index contributed by atoms with van der Waals surface area (Å²) < 4.78 is 19.9. The Hall–Kier alpha value is -1.58. The Balaban J connectivity index is 2.43. The molecular weight excluding hydrogens is 277 g/mol. The topological polar surface area (TPSA) is 21.3 Å². The Morgan fingerprint density at radius 3 is 2.65 bits per heavy atom. The predicted octanol–water partition coefficient (Wildman–Crippen LogP) is 4.86. The second-order valence-corrected chi connectivity index (χ2v) is 5.11. The van der Waals surface area contributed by atoms with Gasteiger partial charge in [0, 0.05) is 16.6 Å². The number of rotatable bonds is 4. The number of hydrogen-bond donors (Lipinski definition) is 1. The molecule has 0 aliphatic rings. The third-order valence-electron chi connectivity index (χ3n) is 3.25. The number of halogens is 2. The summed E-state index contributed by atoms with van der Waals surface area (Å²) >= 11 is 5.98. The van der Waals surface area contributed by atoms with Crippen LogP contribution in [0, 0.1) is 12.7 Å². The van der Waals surface area contributed by atoms with Gasteiger partial charge in [-0.1, -0.05) is 23.7 Å². The van der Waals surface area contributed by atoms with Gasteiger partial charge < -0.3 is 10.1 Å². The zero-order valence-corrected chi connectivity index (χ0v) is 12.5. The summed E-state index contributed by atoms with van der Waals surface area (Å²) in [6.07, 6.45) is 0. The van der Waals surface area contributed by atoms with Crippen LogP contribution in [0.4, 0.5) is 4.39 Å². The van der Waals surface area contributed by atoms with Crippen LogP contribution in [0.25, 0.3) is 0 Å². The summed E-state index contributed by atoms with van der Waals surface area (Å²) in [5.41, 5.74) is 1.45. The molecule has 2 aromatic rings. The number of benzene rings is 2. The maximum Gasteiger partial charge on any atom is 0.135 e. The van der Waals surface area contributed by atoms with Crippen molar-refractivity contribution < 1.29 is 9.13 Å². The SMILES string of the molecule is CNC(C)c1c(F)cccc1Oc1cc(Cl)ccc1C. The van der Waals surface area contributed by atoms with Crippen LogP contribution in [0.15, 0.2) is 36.4 Å². The monoisotopic (exact) mass is 293 g/mol. The van der Waals surface area contributed by atoms with E-state index in [0.29, 0.717) is 22.1 Å². The summed E-state index contributed by atoms with van der Waals surface area (Å²) in [5, 5.41) is 3.62. The van der Waals surface area contributed by atoms with Crippen LogP contribution in [0.2, 0.25) is 5.02 Å². The molecule has 0 saturated carbocycles. The molecule has 0 aliphatic carbocycles.